The molecule has 0 saturated carbocycles. The molecule has 6 nitrogen and oxygen atoms in total. The quantitative estimate of drug-likeness (QED) is 0.113. The van der Waals surface area contributed by atoms with Crippen molar-refractivity contribution in [3.05, 3.63) is 170 Å². The molecule has 0 aromatic heterocycles. The summed E-state index contributed by atoms with van der Waals surface area (Å²) >= 11 is 0. The Morgan fingerprint density at radius 1 is 0.300 bits per heavy atom. The van der Waals surface area contributed by atoms with Gasteiger partial charge in [0.1, 0.15) is 11.5 Å². The molecule has 0 bridgehead atoms. The molecule has 4 N–H and O–H groups in total. The summed E-state index contributed by atoms with van der Waals surface area (Å²) in [6.07, 6.45) is 0. The number of nitrogens with zero attached hydrogens (tertiary/aromatic N) is 2. The summed E-state index contributed by atoms with van der Waals surface area (Å²) in [6.45, 7) is 0. The average Bonchev–Trinajstić information content (AvgIpc) is 3.15. The Balaban J connectivity index is 1.71. The number of nitrogens with two attached hydrogens (primary N) is 2. The number of hydrazine groups is 2. The van der Waals surface area contributed by atoms with Gasteiger partial charge in [-0.25, -0.2) is 11.7 Å². The SMILES string of the molecule is CN(N)Oc1ccc(-c2c(-c3ccccc3)c(-c3ccccc3)c(-c3ccc(ON(C)N)cc3)c(-c3ccccc3)c2-c2ccccc2)cc1. The van der Waals surface area contributed by atoms with Crippen LogP contribution < -0.4 is 21.4 Å². The minimum atomic E-state index is 0.648. The van der Waals surface area contributed by atoms with Crippen molar-refractivity contribution in [2.75, 3.05) is 14.1 Å². The molecule has 0 saturated heterocycles. The van der Waals surface area contributed by atoms with Gasteiger partial charge in [0, 0.05) is 14.1 Å². The largest absolute Gasteiger partial charge is 0.392 e. The maximum Gasteiger partial charge on any atom is 0.149 e. The van der Waals surface area contributed by atoms with Crippen LogP contribution in [-0.4, -0.2) is 24.4 Å². The highest BCUT2D eigenvalue weighted by molar-refractivity contribution is 6.15. The molecule has 7 aromatic carbocycles. The van der Waals surface area contributed by atoms with E-state index in [1.54, 1.807) is 14.1 Å². The molecule has 0 aliphatic rings. The smallest absolute Gasteiger partial charge is 0.149 e. The fraction of sp³-hybridized carbons (Fsp3) is 0.0455. The molecule has 7 rings (SSSR count). The summed E-state index contributed by atoms with van der Waals surface area (Å²) in [4.78, 5) is 11.4. The van der Waals surface area contributed by atoms with Crippen molar-refractivity contribution >= 4 is 0 Å². The van der Waals surface area contributed by atoms with Crippen LogP contribution in [0.4, 0.5) is 0 Å². The van der Waals surface area contributed by atoms with Crippen molar-refractivity contribution in [2.24, 2.45) is 11.7 Å². The summed E-state index contributed by atoms with van der Waals surface area (Å²) in [7, 11) is 3.33. The third kappa shape index (κ3) is 6.78. The molecule has 0 radical (unpaired) electrons. The Labute approximate surface area is 293 Å². The number of hydrogen-bond donors (Lipinski definition) is 2. The predicted octanol–water partition coefficient (Wildman–Crippen LogP) is 9.89. The van der Waals surface area contributed by atoms with E-state index in [1.807, 2.05) is 24.3 Å². The second kappa shape index (κ2) is 14.6. The average molecular weight is 655 g/mol. The first-order valence-corrected chi connectivity index (χ1v) is 16.5. The van der Waals surface area contributed by atoms with Crippen molar-refractivity contribution in [1.82, 2.24) is 10.3 Å². The maximum absolute atomic E-state index is 5.84. The molecule has 0 heterocycles. The number of rotatable bonds is 10. The van der Waals surface area contributed by atoms with Gasteiger partial charge in [-0.2, -0.15) is 0 Å². The highest BCUT2D eigenvalue weighted by Gasteiger charge is 2.29. The highest BCUT2D eigenvalue weighted by Crippen LogP contribution is 2.55. The van der Waals surface area contributed by atoms with E-state index in [2.05, 4.69) is 146 Å². The van der Waals surface area contributed by atoms with Gasteiger partial charge in [-0.3, -0.25) is 0 Å². The topological polar surface area (TPSA) is 77.0 Å². The molecule has 0 fully saturated rings. The molecular weight excluding hydrogens is 617 g/mol. The zero-order valence-corrected chi connectivity index (χ0v) is 28.0. The van der Waals surface area contributed by atoms with Crippen LogP contribution in [0.3, 0.4) is 0 Å². The second-order valence-electron chi connectivity index (χ2n) is 12.0. The van der Waals surface area contributed by atoms with Gasteiger partial charge < -0.3 is 9.68 Å². The van der Waals surface area contributed by atoms with Crippen LogP contribution in [0.25, 0.3) is 66.8 Å². The van der Waals surface area contributed by atoms with Gasteiger partial charge in [0.15, 0.2) is 0 Å². The van der Waals surface area contributed by atoms with Crippen LogP contribution >= 0.6 is 0 Å². The molecule has 0 spiro atoms. The molecule has 246 valence electrons. The van der Waals surface area contributed by atoms with Gasteiger partial charge in [-0.1, -0.05) is 156 Å². The van der Waals surface area contributed by atoms with Gasteiger partial charge >= 0.3 is 0 Å². The van der Waals surface area contributed by atoms with Crippen LogP contribution in [0.15, 0.2) is 170 Å². The fourth-order valence-corrected chi connectivity index (χ4v) is 6.60. The van der Waals surface area contributed by atoms with Crippen LogP contribution in [0.2, 0.25) is 0 Å². The third-order valence-corrected chi connectivity index (χ3v) is 8.53. The van der Waals surface area contributed by atoms with Gasteiger partial charge in [0.2, 0.25) is 0 Å². The van der Waals surface area contributed by atoms with Crippen molar-refractivity contribution in [3.8, 4) is 78.3 Å². The van der Waals surface area contributed by atoms with E-state index in [9.17, 15) is 0 Å². The first-order chi connectivity index (χ1) is 24.5. The van der Waals surface area contributed by atoms with E-state index < -0.39 is 0 Å². The van der Waals surface area contributed by atoms with Crippen LogP contribution in [0.5, 0.6) is 11.5 Å². The van der Waals surface area contributed by atoms with Gasteiger partial charge in [-0.15, -0.1) is 0 Å². The van der Waals surface area contributed by atoms with E-state index in [4.69, 9.17) is 21.4 Å². The van der Waals surface area contributed by atoms with Crippen LogP contribution in [0.1, 0.15) is 0 Å². The Bertz CT molecular complexity index is 1910. The molecule has 0 atom stereocenters. The zero-order chi connectivity index (χ0) is 34.5. The second-order valence-corrected chi connectivity index (χ2v) is 12.0. The number of hydrogen-bond acceptors (Lipinski definition) is 6. The zero-order valence-electron chi connectivity index (χ0n) is 28.0. The van der Waals surface area contributed by atoms with Crippen LogP contribution in [0, 0.1) is 0 Å². The monoisotopic (exact) mass is 654 g/mol. The Morgan fingerprint density at radius 3 is 0.700 bits per heavy atom. The summed E-state index contributed by atoms with van der Waals surface area (Å²) in [5, 5.41) is 2.41. The Hall–Kier alpha value is -6.02. The van der Waals surface area contributed by atoms with Gasteiger partial charge in [0.25, 0.3) is 0 Å². The summed E-state index contributed by atoms with van der Waals surface area (Å²) in [5.41, 5.74) is 13.2. The number of benzene rings is 7. The molecule has 0 amide bonds. The molecule has 50 heavy (non-hydrogen) atoms. The van der Waals surface area contributed by atoms with Crippen LogP contribution in [-0.2, 0) is 0 Å². The van der Waals surface area contributed by atoms with Crippen molar-refractivity contribution in [2.45, 2.75) is 0 Å². The lowest BCUT2D eigenvalue weighted by molar-refractivity contribution is -0.0331. The lowest BCUT2D eigenvalue weighted by atomic mass is 9.74. The van der Waals surface area contributed by atoms with Gasteiger partial charge in [0.05, 0.1) is 0 Å². The Morgan fingerprint density at radius 2 is 0.500 bits per heavy atom. The molecular formula is C44H38N4O2. The minimum Gasteiger partial charge on any atom is -0.392 e. The van der Waals surface area contributed by atoms with E-state index in [0.717, 1.165) is 66.8 Å². The minimum absolute atomic E-state index is 0.648. The molecule has 0 unspecified atom stereocenters. The molecule has 7 aromatic rings. The lowest BCUT2D eigenvalue weighted by Crippen LogP contribution is -2.29. The van der Waals surface area contributed by atoms with E-state index in [-0.39, 0.29) is 0 Å². The summed E-state index contributed by atoms with van der Waals surface area (Å²) < 4.78 is 0. The first-order valence-electron chi connectivity index (χ1n) is 16.5. The third-order valence-electron chi connectivity index (χ3n) is 8.53. The first kappa shape index (κ1) is 32.5. The van der Waals surface area contributed by atoms with E-state index in [1.165, 1.54) is 10.3 Å². The Kier molecular flexibility index (Phi) is 9.51. The van der Waals surface area contributed by atoms with E-state index in [0.29, 0.717) is 11.5 Å². The summed E-state index contributed by atoms with van der Waals surface area (Å²) in [6, 6.07) is 58.9. The number of hydroxylamine groups is 2. The normalized spacial score (nSPS) is 11.2. The van der Waals surface area contributed by atoms with Crippen molar-refractivity contribution in [3.63, 3.8) is 0 Å². The molecule has 0 aliphatic heterocycles. The fourth-order valence-electron chi connectivity index (χ4n) is 6.60. The van der Waals surface area contributed by atoms with Crippen molar-refractivity contribution < 1.29 is 9.68 Å². The molecule has 6 heteroatoms. The van der Waals surface area contributed by atoms with Gasteiger partial charge in [-0.05, 0) is 91.0 Å². The predicted molar refractivity (Wildman–Crippen MR) is 204 cm³/mol. The lowest BCUT2D eigenvalue weighted by Gasteiger charge is -2.29. The molecule has 0 aliphatic carbocycles. The standard InChI is InChI=1S/C44H38N4O2/c1-47(45)49-37-27-23-35(24-28-37)43-39(31-15-7-3-8-16-31)41(33-19-11-5-12-20-33)44(36-25-29-38(30-26-36)50-48(2)46)42(34-21-13-6-14-22-34)40(43)32-17-9-4-10-18-32/h3-30H,45-46H2,1-2H3. The van der Waals surface area contributed by atoms with E-state index >= 15 is 0 Å². The highest BCUT2D eigenvalue weighted by atomic mass is 16.7. The van der Waals surface area contributed by atoms with Crippen molar-refractivity contribution in [1.29, 1.82) is 0 Å². The summed E-state index contributed by atoms with van der Waals surface area (Å²) in [5.74, 6) is 13.0. The maximum atomic E-state index is 5.84.